The Kier molecular flexibility index (Phi) is 5.55. The SMILES string of the molecule is CCOc1ccc(NC(=O)C2(c3ccccc3)CCOCC2)cc1C#N. The van der Waals surface area contributed by atoms with E-state index in [9.17, 15) is 10.1 Å². The standard InChI is InChI=1S/C21H22N2O3/c1-2-26-19-9-8-18(14-16(19)15-22)23-20(24)21(10-12-25-13-11-21)17-6-4-3-5-7-17/h3-9,14H,2,10-13H2,1H3,(H,23,24). The summed E-state index contributed by atoms with van der Waals surface area (Å²) in [5, 5.41) is 12.3. The van der Waals surface area contributed by atoms with E-state index in [-0.39, 0.29) is 5.91 Å². The molecule has 134 valence electrons. The van der Waals surface area contributed by atoms with Gasteiger partial charge in [0, 0.05) is 18.9 Å². The normalized spacial score (nSPS) is 15.7. The first kappa shape index (κ1) is 18.0. The molecule has 0 atom stereocenters. The van der Waals surface area contributed by atoms with Crippen molar-refractivity contribution in [1.29, 1.82) is 5.26 Å². The van der Waals surface area contributed by atoms with E-state index < -0.39 is 5.41 Å². The molecule has 5 nitrogen and oxygen atoms in total. The van der Waals surface area contributed by atoms with Crippen molar-refractivity contribution in [1.82, 2.24) is 0 Å². The molecule has 1 heterocycles. The molecule has 1 fully saturated rings. The van der Waals surface area contributed by atoms with Crippen molar-refractivity contribution in [3.8, 4) is 11.8 Å². The van der Waals surface area contributed by atoms with Crippen molar-refractivity contribution in [3.63, 3.8) is 0 Å². The summed E-state index contributed by atoms with van der Waals surface area (Å²) in [4.78, 5) is 13.2. The molecular weight excluding hydrogens is 328 g/mol. The van der Waals surface area contributed by atoms with Gasteiger partial charge in [0.05, 0.1) is 17.6 Å². The van der Waals surface area contributed by atoms with Crippen LogP contribution in [0.25, 0.3) is 0 Å². The van der Waals surface area contributed by atoms with Crippen molar-refractivity contribution in [3.05, 3.63) is 59.7 Å². The largest absolute Gasteiger partial charge is 0.492 e. The summed E-state index contributed by atoms with van der Waals surface area (Å²) in [5.74, 6) is 0.455. The second kappa shape index (κ2) is 8.03. The van der Waals surface area contributed by atoms with E-state index in [1.807, 2.05) is 37.3 Å². The Morgan fingerprint density at radius 2 is 1.96 bits per heavy atom. The first-order valence-corrected chi connectivity index (χ1v) is 8.81. The first-order valence-electron chi connectivity index (χ1n) is 8.81. The Balaban J connectivity index is 1.88. The fourth-order valence-electron chi connectivity index (χ4n) is 3.35. The van der Waals surface area contributed by atoms with E-state index in [4.69, 9.17) is 9.47 Å². The molecule has 0 saturated carbocycles. The highest BCUT2D eigenvalue weighted by atomic mass is 16.5. The van der Waals surface area contributed by atoms with Crippen molar-refractivity contribution in [2.75, 3.05) is 25.1 Å². The maximum absolute atomic E-state index is 13.2. The van der Waals surface area contributed by atoms with E-state index >= 15 is 0 Å². The number of nitrogens with zero attached hydrogens (tertiary/aromatic N) is 1. The molecule has 1 N–H and O–H groups in total. The zero-order chi connectivity index (χ0) is 18.4. The molecule has 3 rings (SSSR count). The second-order valence-electron chi connectivity index (χ2n) is 6.27. The lowest BCUT2D eigenvalue weighted by molar-refractivity contribution is -0.125. The zero-order valence-corrected chi connectivity index (χ0v) is 14.8. The van der Waals surface area contributed by atoms with Gasteiger partial charge in [-0.15, -0.1) is 0 Å². The number of rotatable bonds is 5. The number of carbonyl (C=O) groups is 1. The van der Waals surface area contributed by atoms with E-state index in [2.05, 4.69) is 11.4 Å². The lowest BCUT2D eigenvalue weighted by Crippen LogP contribution is -2.44. The van der Waals surface area contributed by atoms with Gasteiger partial charge in [0.15, 0.2) is 0 Å². The summed E-state index contributed by atoms with van der Waals surface area (Å²) < 4.78 is 10.9. The molecule has 1 aliphatic rings. The zero-order valence-electron chi connectivity index (χ0n) is 14.8. The third-order valence-corrected chi connectivity index (χ3v) is 4.77. The molecule has 0 bridgehead atoms. The fraction of sp³-hybridized carbons (Fsp3) is 0.333. The summed E-state index contributed by atoms with van der Waals surface area (Å²) in [6.45, 7) is 3.45. The van der Waals surface area contributed by atoms with Crippen LogP contribution in [0, 0.1) is 11.3 Å². The molecule has 1 amide bonds. The average Bonchev–Trinajstić information content (AvgIpc) is 2.70. The highest BCUT2D eigenvalue weighted by Crippen LogP contribution is 2.36. The van der Waals surface area contributed by atoms with Crippen LogP contribution < -0.4 is 10.1 Å². The van der Waals surface area contributed by atoms with Gasteiger partial charge in [-0.3, -0.25) is 4.79 Å². The van der Waals surface area contributed by atoms with Crippen LogP contribution in [0.4, 0.5) is 5.69 Å². The minimum absolute atomic E-state index is 0.0694. The third-order valence-electron chi connectivity index (χ3n) is 4.77. The Hall–Kier alpha value is -2.84. The van der Waals surface area contributed by atoms with Gasteiger partial charge in [-0.2, -0.15) is 5.26 Å². The predicted molar refractivity (Wildman–Crippen MR) is 99.1 cm³/mol. The summed E-state index contributed by atoms with van der Waals surface area (Å²) in [6.07, 6.45) is 1.26. The average molecular weight is 350 g/mol. The highest BCUT2D eigenvalue weighted by molar-refractivity contribution is 5.99. The van der Waals surface area contributed by atoms with E-state index in [1.165, 1.54) is 0 Å². The number of hydrogen-bond donors (Lipinski definition) is 1. The maximum atomic E-state index is 13.2. The maximum Gasteiger partial charge on any atom is 0.235 e. The van der Waals surface area contributed by atoms with Gasteiger partial charge in [0.1, 0.15) is 11.8 Å². The van der Waals surface area contributed by atoms with E-state index in [0.717, 1.165) is 5.56 Å². The van der Waals surface area contributed by atoms with Crippen molar-refractivity contribution >= 4 is 11.6 Å². The summed E-state index contributed by atoms with van der Waals surface area (Å²) >= 11 is 0. The Bertz CT molecular complexity index is 806. The molecule has 0 unspecified atom stereocenters. The summed E-state index contributed by atoms with van der Waals surface area (Å²) in [6, 6.07) is 17.1. The quantitative estimate of drug-likeness (QED) is 0.893. The molecule has 0 radical (unpaired) electrons. The van der Waals surface area contributed by atoms with Gasteiger partial charge in [-0.1, -0.05) is 30.3 Å². The number of nitrogens with one attached hydrogen (secondary N) is 1. The smallest absolute Gasteiger partial charge is 0.235 e. The van der Waals surface area contributed by atoms with Crippen LogP contribution in [0.2, 0.25) is 0 Å². The number of benzene rings is 2. The van der Waals surface area contributed by atoms with Gasteiger partial charge in [-0.25, -0.2) is 0 Å². The lowest BCUT2D eigenvalue weighted by Gasteiger charge is -2.36. The number of ether oxygens (including phenoxy) is 2. The van der Waals surface area contributed by atoms with Crippen LogP contribution in [-0.2, 0) is 14.9 Å². The van der Waals surface area contributed by atoms with Gasteiger partial charge >= 0.3 is 0 Å². The third kappa shape index (κ3) is 3.56. The topological polar surface area (TPSA) is 71.3 Å². The first-order chi connectivity index (χ1) is 12.7. The molecule has 5 heteroatoms. The molecule has 0 aromatic heterocycles. The van der Waals surface area contributed by atoms with Crippen LogP contribution >= 0.6 is 0 Å². The molecule has 1 aliphatic heterocycles. The molecule has 1 saturated heterocycles. The molecule has 2 aromatic carbocycles. The number of hydrogen-bond acceptors (Lipinski definition) is 4. The van der Waals surface area contributed by atoms with E-state index in [0.29, 0.717) is 49.7 Å². The van der Waals surface area contributed by atoms with E-state index in [1.54, 1.807) is 18.2 Å². The monoisotopic (exact) mass is 350 g/mol. The van der Waals surface area contributed by atoms with Gasteiger partial charge in [0.25, 0.3) is 0 Å². The fourth-order valence-corrected chi connectivity index (χ4v) is 3.35. The minimum atomic E-state index is -0.620. The van der Waals surface area contributed by atoms with Crippen LogP contribution in [0.3, 0.4) is 0 Å². The highest BCUT2D eigenvalue weighted by Gasteiger charge is 2.41. The van der Waals surface area contributed by atoms with Crippen molar-refractivity contribution in [2.45, 2.75) is 25.2 Å². The summed E-state index contributed by atoms with van der Waals surface area (Å²) in [5.41, 5.74) is 1.37. The number of amides is 1. The van der Waals surface area contributed by atoms with Crippen LogP contribution in [0.15, 0.2) is 48.5 Å². The number of anilines is 1. The number of carbonyl (C=O) groups excluding carboxylic acids is 1. The van der Waals surface area contributed by atoms with Crippen LogP contribution in [0.5, 0.6) is 5.75 Å². The Morgan fingerprint density at radius 3 is 2.62 bits per heavy atom. The Morgan fingerprint density at radius 1 is 1.23 bits per heavy atom. The second-order valence-corrected chi connectivity index (χ2v) is 6.27. The minimum Gasteiger partial charge on any atom is -0.492 e. The van der Waals surface area contributed by atoms with Crippen LogP contribution in [-0.4, -0.2) is 25.7 Å². The molecule has 0 aliphatic carbocycles. The number of nitriles is 1. The van der Waals surface area contributed by atoms with Crippen molar-refractivity contribution < 1.29 is 14.3 Å². The molecule has 26 heavy (non-hydrogen) atoms. The van der Waals surface area contributed by atoms with Gasteiger partial charge in [-0.05, 0) is 43.5 Å². The predicted octanol–water partition coefficient (Wildman–Crippen LogP) is 3.64. The molecule has 0 spiro atoms. The molecule has 2 aromatic rings. The Labute approximate surface area is 153 Å². The molecular formula is C21H22N2O3. The van der Waals surface area contributed by atoms with Gasteiger partial charge < -0.3 is 14.8 Å². The lowest BCUT2D eigenvalue weighted by atomic mass is 9.73. The van der Waals surface area contributed by atoms with Crippen LogP contribution in [0.1, 0.15) is 30.9 Å². The van der Waals surface area contributed by atoms with Gasteiger partial charge in [0.2, 0.25) is 5.91 Å². The summed E-state index contributed by atoms with van der Waals surface area (Å²) in [7, 11) is 0. The van der Waals surface area contributed by atoms with Crippen molar-refractivity contribution in [2.24, 2.45) is 0 Å².